The molecule has 2 aliphatic rings. The molecule has 8 heteroatoms. The van der Waals surface area contributed by atoms with Gasteiger partial charge in [0.1, 0.15) is 11.6 Å². The number of hydrogen-bond acceptors (Lipinski definition) is 6. The highest BCUT2D eigenvalue weighted by Crippen LogP contribution is 2.38. The molecule has 0 aliphatic carbocycles. The first-order valence-electron chi connectivity index (χ1n) is 12.9. The van der Waals surface area contributed by atoms with Crippen molar-refractivity contribution >= 4 is 17.6 Å². The van der Waals surface area contributed by atoms with Gasteiger partial charge >= 0.3 is 0 Å². The Hall–Kier alpha value is -3.94. The van der Waals surface area contributed by atoms with Crippen LogP contribution >= 0.6 is 0 Å². The molecule has 2 amide bonds. The summed E-state index contributed by atoms with van der Waals surface area (Å²) in [7, 11) is 1.62. The van der Waals surface area contributed by atoms with Crippen LogP contribution in [0.25, 0.3) is 0 Å². The predicted octanol–water partition coefficient (Wildman–Crippen LogP) is 3.70. The number of amides is 2. The number of piperidine rings is 1. The summed E-state index contributed by atoms with van der Waals surface area (Å²) in [5.41, 5.74) is 3.15. The fourth-order valence-corrected chi connectivity index (χ4v) is 5.66. The first-order valence-corrected chi connectivity index (χ1v) is 12.9. The summed E-state index contributed by atoms with van der Waals surface area (Å²) in [6, 6.07) is 14.0. The van der Waals surface area contributed by atoms with Gasteiger partial charge in [0.25, 0.3) is 11.8 Å². The maximum atomic E-state index is 13.0. The number of hydrogen-bond donors (Lipinski definition) is 2. The van der Waals surface area contributed by atoms with Crippen molar-refractivity contribution in [2.24, 2.45) is 0 Å². The van der Waals surface area contributed by atoms with Gasteiger partial charge in [0.15, 0.2) is 0 Å². The quantitative estimate of drug-likeness (QED) is 0.491. The third-order valence-electron chi connectivity index (χ3n) is 7.51. The molecule has 2 saturated heterocycles. The summed E-state index contributed by atoms with van der Waals surface area (Å²) >= 11 is 0. The molecule has 2 aliphatic heterocycles. The van der Waals surface area contributed by atoms with Crippen LogP contribution in [0, 0.1) is 6.92 Å². The zero-order chi connectivity index (χ0) is 25.8. The zero-order valence-corrected chi connectivity index (χ0v) is 21.3. The van der Waals surface area contributed by atoms with Gasteiger partial charge in [-0.05, 0) is 74.9 Å². The minimum Gasteiger partial charge on any atom is -0.496 e. The summed E-state index contributed by atoms with van der Waals surface area (Å²) in [5.74, 6) is 1.44. The molecule has 8 nitrogen and oxygen atoms in total. The molecule has 0 radical (unpaired) electrons. The van der Waals surface area contributed by atoms with E-state index >= 15 is 0 Å². The Kier molecular flexibility index (Phi) is 7.35. The van der Waals surface area contributed by atoms with Crippen molar-refractivity contribution in [2.45, 2.75) is 57.2 Å². The van der Waals surface area contributed by atoms with E-state index in [1.807, 2.05) is 55.6 Å². The van der Waals surface area contributed by atoms with E-state index < -0.39 is 0 Å². The fourth-order valence-electron chi connectivity index (χ4n) is 5.66. The van der Waals surface area contributed by atoms with Gasteiger partial charge in [0, 0.05) is 54.4 Å². The summed E-state index contributed by atoms with van der Waals surface area (Å²) in [6.45, 7) is 2.46. The lowest BCUT2D eigenvalue weighted by molar-refractivity contribution is 0.0924. The molecule has 0 spiro atoms. The highest BCUT2D eigenvalue weighted by atomic mass is 16.5. The van der Waals surface area contributed by atoms with Crippen LogP contribution in [0.4, 0.5) is 5.82 Å². The molecule has 0 saturated carbocycles. The topological polar surface area (TPSA) is 96.5 Å². The van der Waals surface area contributed by atoms with Crippen molar-refractivity contribution in [3.63, 3.8) is 0 Å². The Bertz CT molecular complexity index is 1230. The first-order chi connectivity index (χ1) is 18.0. The zero-order valence-electron chi connectivity index (χ0n) is 21.3. The second-order valence-electron chi connectivity index (χ2n) is 9.84. The van der Waals surface area contributed by atoms with Crippen molar-refractivity contribution < 1.29 is 14.3 Å². The second kappa shape index (κ2) is 11.0. The van der Waals surface area contributed by atoms with Crippen LogP contribution in [-0.2, 0) is 6.42 Å². The molecule has 2 N–H and O–H groups in total. The van der Waals surface area contributed by atoms with Gasteiger partial charge in [-0.1, -0.05) is 12.1 Å². The van der Waals surface area contributed by atoms with Crippen LogP contribution in [0.3, 0.4) is 0 Å². The molecule has 1 aromatic carbocycles. The highest BCUT2D eigenvalue weighted by Gasteiger charge is 2.42. The van der Waals surface area contributed by atoms with E-state index in [0.717, 1.165) is 54.8 Å². The van der Waals surface area contributed by atoms with Crippen molar-refractivity contribution in [1.82, 2.24) is 20.6 Å². The number of rotatable bonds is 8. The van der Waals surface area contributed by atoms with Crippen LogP contribution in [0.1, 0.15) is 57.5 Å². The van der Waals surface area contributed by atoms with Crippen LogP contribution in [0.15, 0.2) is 61.1 Å². The normalized spacial score (nSPS) is 20.4. The Labute approximate surface area is 217 Å². The summed E-state index contributed by atoms with van der Waals surface area (Å²) in [4.78, 5) is 36.7. The van der Waals surface area contributed by atoms with Gasteiger partial charge in [-0.25, -0.2) is 4.98 Å². The third-order valence-corrected chi connectivity index (χ3v) is 7.51. The number of anilines is 1. The van der Waals surface area contributed by atoms with E-state index in [1.165, 1.54) is 0 Å². The Morgan fingerprint density at radius 2 is 1.84 bits per heavy atom. The lowest BCUT2D eigenvalue weighted by Crippen LogP contribution is -2.50. The van der Waals surface area contributed by atoms with Gasteiger partial charge in [-0.2, -0.15) is 0 Å². The monoisotopic (exact) mass is 499 g/mol. The lowest BCUT2D eigenvalue weighted by atomic mass is 9.96. The maximum Gasteiger partial charge on any atom is 0.252 e. The molecule has 2 bridgehead atoms. The summed E-state index contributed by atoms with van der Waals surface area (Å²) in [5, 5.41) is 6.21. The Morgan fingerprint density at radius 3 is 2.51 bits per heavy atom. The van der Waals surface area contributed by atoms with E-state index in [4.69, 9.17) is 4.74 Å². The highest BCUT2D eigenvalue weighted by molar-refractivity contribution is 5.96. The molecule has 5 rings (SSSR count). The van der Waals surface area contributed by atoms with Crippen LogP contribution in [0.2, 0.25) is 0 Å². The van der Waals surface area contributed by atoms with E-state index in [2.05, 4.69) is 25.5 Å². The molecular formula is C29H33N5O3. The number of carbonyl (C=O) groups excluding carboxylic acids is 2. The summed E-state index contributed by atoms with van der Waals surface area (Å²) in [6.07, 6.45) is 9.85. The first kappa shape index (κ1) is 24.7. The maximum absolute atomic E-state index is 13.0. The molecule has 3 aromatic rings. The van der Waals surface area contributed by atoms with Gasteiger partial charge in [0.2, 0.25) is 0 Å². The standard InChI is InChI=1S/C29H33N5O3/c1-19-25(6-3-7-26(19)37-2)29(36)33-22-15-23-9-10-24(16-22)34(23)27-11-8-21(18-32-27)28(35)31-14-12-20-5-4-13-30-17-20/h3-8,11,13,17-18,22-24H,9-10,12,14-16H2,1-2H3,(H,31,35)(H,33,36)/t22-,23+,24-. The third kappa shape index (κ3) is 5.43. The molecule has 2 aromatic heterocycles. The van der Waals surface area contributed by atoms with Crippen LogP contribution < -0.4 is 20.3 Å². The van der Waals surface area contributed by atoms with Crippen LogP contribution in [0.5, 0.6) is 5.75 Å². The van der Waals surface area contributed by atoms with E-state index in [-0.39, 0.29) is 17.9 Å². The van der Waals surface area contributed by atoms with Gasteiger partial charge in [0.05, 0.1) is 12.7 Å². The van der Waals surface area contributed by atoms with E-state index in [0.29, 0.717) is 29.8 Å². The minimum atomic E-state index is -0.125. The number of nitrogens with one attached hydrogen (secondary N) is 2. The molecule has 2 fully saturated rings. The number of carbonyl (C=O) groups is 2. The fraction of sp³-hybridized carbons (Fsp3) is 0.379. The number of benzene rings is 1. The van der Waals surface area contributed by atoms with Crippen molar-refractivity contribution in [3.05, 3.63) is 83.3 Å². The number of pyridine rings is 2. The number of fused-ring (bicyclic) bond motifs is 2. The number of methoxy groups -OCH3 is 1. The number of ether oxygens (including phenoxy) is 1. The number of aromatic nitrogens is 2. The minimum absolute atomic E-state index is 0.0498. The van der Waals surface area contributed by atoms with Crippen molar-refractivity contribution in [1.29, 1.82) is 0 Å². The average Bonchev–Trinajstić information content (AvgIpc) is 3.19. The van der Waals surface area contributed by atoms with Gasteiger partial charge in [-0.15, -0.1) is 0 Å². The van der Waals surface area contributed by atoms with E-state index in [1.54, 1.807) is 19.5 Å². The van der Waals surface area contributed by atoms with E-state index in [9.17, 15) is 9.59 Å². The molecule has 192 valence electrons. The molecule has 0 unspecified atom stereocenters. The second-order valence-corrected chi connectivity index (χ2v) is 9.84. The average molecular weight is 500 g/mol. The number of nitrogens with zero attached hydrogens (tertiary/aromatic N) is 3. The molecule has 3 atom stereocenters. The smallest absolute Gasteiger partial charge is 0.252 e. The largest absolute Gasteiger partial charge is 0.496 e. The SMILES string of the molecule is COc1cccc(C(=O)N[C@H]2C[C@H]3CC[C@@H](C2)N3c2ccc(C(=O)NCCc3cccnc3)cn2)c1C. The molecule has 37 heavy (non-hydrogen) atoms. The van der Waals surface area contributed by atoms with Crippen LogP contribution in [-0.4, -0.2) is 53.6 Å². The Balaban J connectivity index is 1.17. The Morgan fingerprint density at radius 1 is 1.03 bits per heavy atom. The van der Waals surface area contributed by atoms with Crippen molar-refractivity contribution in [2.75, 3.05) is 18.6 Å². The predicted molar refractivity (Wildman–Crippen MR) is 142 cm³/mol. The van der Waals surface area contributed by atoms with Crippen molar-refractivity contribution in [3.8, 4) is 5.75 Å². The lowest BCUT2D eigenvalue weighted by Gasteiger charge is -2.40. The molecule has 4 heterocycles. The van der Waals surface area contributed by atoms with Gasteiger partial charge in [-0.3, -0.25) is 14.6 Å². The molecular weight excluding hydrogens is 466 g/mol. The summed E-state index contributed by atoms with van der Waals surface area (Å²) < 4.78 is 5.37. The van der Waals surface area contributed by atoms with Gasteiger partial charge < -0.3 is 20.3 Å².